The Hall–Kier alpha value is -0.300. The van der Waals surface area contributed by atoms with Crippen molar-refractivity contribution in [3.8, 4) is 0 Å². The van der Waals surface area contributed by atoms with Crippen LogP contribution in [-0.2, 0) is 0 Å². The van der Waals surface area contributed by atoms with E-state index in [0.717, 1.165) is 42.4 Å². The van der Waals surface area contributed by atoms with Crippen molar-refractivity contribution in [3.63, 3.8) is 0 Å². The predicted octanol–water partition coefficient (Wildman–Crippen LogP) is 7.53. The fourth-order valence-corrected chi connectivity index (χ4v) is 8.46. The highest BCUT2D eigenvalue weighted by atomic mass is 16.3. The summed E-state index contributed by atoms with van der Waals surface area (Å²) in [6.07, 6.45) is 16.0. The van der Waals surface area contributed by atoms with E-state index >= 15 is 0 Å². The average Bonchev–Trinajstić information content (AvgIpc) is 2.99. The number of aliphatic hydroxyl groups is 1. The van der Waals surface area contributed by atoms with E-state index in [4.69, 9.17) is 0 Å². The number of hydrogen-bond acceptors (Lipinski definition) is 1. The van der Waals surface area contributed by atoms with Gasteiger partial charge in [-0.1, -0.05) is 65.0 Å². The van der Waals surface area contributed by atoms with E-state index in [1.807, 2.05) is 11.1 Å². The van der Waals surface area contributed by atoms with Gasteiger partial charge in [0.15, 0.2) is 0 Å². The second kappa shape index (κ2) is 7.75. The molecule has 0 bridgehead atoms. The zero-order chi connectivity index (χ0) is 20.1. The SMILES string of the molecule is CC(C)CCC[C@@H](C)[C@H]1CCC2C3=C(CC[C@@]21C)[C@@]1(C)CC[C@H](O)CC1CC3. The minimum atomic E-state index is -0.0309. The van der Waals surface area contributed by atoms with Crippen LogP contribution in [0, 0.1) is 40.4 Å². The normalized spacial score (nSPS) is 44.2. The number of aliphatic hydroxyl groups excluding tert-OH is 1. The lowest BCUT2D eigenvalue weighted by Gasteiger charge is -2.55. The largest absolute Gasteiger partial charge is 0.393 e. The van der Waals surface area contributed by atoms with E-state index in [2.05, 4.69) is 34.6 Å². The molecule has 0 aromatic carbocycles. The summed E-state index contributed by atoms with van der Waals surface area (Å²) in [4.78, 5) is 0. The summed E-state index contributed by atoms with van der Waals surface area (Å²) < 4.78 is 0. The zero-order valence-electron chi connectivity index (χ0n) is 19.4. The van der Waals surface area contributed by atoms with Crippen LogP contribution >= 0.6 is 0 Å². The Labute approximate surface area is 174 Å². The highest BCUT2D eigenvalue weighted by Crippen LogP contribution is 2.66. The van der Waals surface area contributed by atoms with Crippen LogP contribution in [-0.4, -0.2) is 11.2 Å². The first-order valence-electron chi connectivity index (χ1n) is 12.7. The fourth-order valence-electron chi connectivity index (χ4n) is 8.46. The second-order valence-corrected chi connectivity index (χ2v) is 12.1. The Morgan fingerprint density at radius 1 is 0.964 bits per heavy atom. The van der Waals surface area contributed by atoms with Crippen LogP contribution in [0.3, 0.4) is 0 Å². The van der Waals surface area contributed by atoms with Gasteiger partial charge in [0, 0.05) is 0 Å². The average molecular weight is 387 g/mol. The molecule has 2 saturated carbocycles. The molecule has 0 spiro atoms. The summed E-state index contributed by atoms with van der Waals surface area (Å²) in [5, 5.41) is 10.2. The molecule has 2 unspecified atom stereocenters. The predicted molar refractivity (Wildman–Crippen MR) is 119 cm³/mol. The number of rotatable bonds is 5. The Kier molecular flexibility index (Phi) is 5.80. The summed E-state index contributed by atoms with van der Waals surface area (Å²) >= 11 is 0. The van der Waals surface area contributed by atoms with Crippen molar-refractivity contribution in [2.45, 2.75) is 118 Å². The maximum absolute atomic E-state index is 10.2. The minimum absolute atomic E-state index is 0.0309. The molecule has 28 heavy (non-hydrogen) atoms. The van der Waals surface area contributed by atoms with Crippen LogP contribution in [0.5, 0.6) is 0 Å². The fraction of sp³-hybridized carbons (Fsp3) is 0.926. The van der Waals surface area contributed by atoms with Crippen LogP contribution in [0.4, 0.5) is 0 Å². The number of hydrogen-bond donors (Lipinski definition) is 1. The molecule has 0 amide bonds. The summed E-state index contributed by atoms with van der Waals surface area (Å²) in [5.41, 5.74) is 4.77. The van der Waals surface area contributed by atoms with Gasteiger partial charge in [-0.05, 0) is 98.2 Å². The standard InChI is InChI=1S/C27H46O/c1-18(2)7-6-8-19(3)23-11-12-24-22-10-9-20-17-21(28)13-15-26(20,4)25(22)14-16-27(23,24)5/h18-21,23-24,28H,6-17H2,1-5H3/t19-,20?,21+,23-,24?,26+,27-/m1/s1. The third-order valence-corrected chi connectivity index (χ3v) is 10.2. The maximum atomic E-state index is 10.2. The zero-order valence-corrected chi connectivity index (χ0v) is 19.4. The van der Waals surface area contributed by atoms with E-state index in [0.29, 0.717) is 10.8 Å². The monoisotopic (exact) mass is 386 g/mol. The molecule has 4 aliphatic rings. The van der Waals surface area contributed by atoms with Crippen molar-refractivity contribution in [1.82, 2.24) is 0 Å². The molecule has 0 aromatic rings. The van der Waals surface area contributed by atoms with Crippen molar-refractivity contribution in [3.05, 3.63) is 11.1 Å². The Morgan fingerprint density at radius 2 is 1.75 bits per heavy atom. The molecule has 0 radical (unpaired) electrons. The van der Waals surface area contributed by atoms with Crippen molar-refractivity contribution < 1.29 is 5.11 Å². The van der Waals surface area contributed by atoms with Gasteiger partial charge in [0.05, 0.1) is 6.10 Å². The molecule has 4 rings (SSSR count). The van der Waals surface area contributed by atoms with Gasteiger partial charge in [-0.2, -0.15) is 0 Å². The molecule has 7 atom stereocenters. The molecule has 1 nitrogen and oxygen atoms in total. The Bertz CT molecular complexity index is 603. The lowest BCUT2D eigenvalue weighted by molar-refractivity contribution is 0.0132. The number of allylic oxidation sites excluding steroid dienone is 2. The van der Waals surface area contributed by atoms with E-state index in [9.17, 15) is 5.11 Å². The highest BCUT2D eigenvalue weighted by Gasteiger charge is 2.55. The molecule has 1 N–H and O–H groups in total. The quantitative estimate of drug-likeness (QED) is 0.484. The van der Waals surface area contributed by atoms with Crippen LogP contribution in [0.1, 0.15) is 112 Å². The topological polar surface area (TPSA) is 20.2 Å². The van der Waals surface area contributed by atoms with E-state index in [-0.39, 0.29) is 6.10 Å². The third-order valence-electron chi connectivity index (χ3n) is 10.2. The molecule has 160 valence electrons. The van der Waals surface area contributed by atoms with Gasteiger partial charge in [0.2, 0.25) is 0 Å². The molecule has 1 heteroatoms. The summed E-state index contributed by atoms with van der Waals surface area (Å²) in [6, 6.07) is 0. The first-order chi connectivity index (χ1) is 13.3. The first kappa shape index (κ1) is 21.0. The van der Waals surface area contributed by atoms with E-state index in [1.165, 1.54) is 64.2 Å². The third kappa shape index (κ3) is 3.42. The van der Waals surface area contributed by atoms with Gasteiger partial charge >= 0.3 is 0 Å². The van der Waals surface area contributed by atoms with E-state index in [1.54, 1.807) is 0 Å². The van der Waals surface area contributed by atoms with Crippen molar-refractivity contribution in [2.75, 3.05) is 0 Å². The first-order valence-corrected chi connectivity index (χ1v) is 12.7. The van der Waals surface area contributed by atoms with Crippen LogP contribution in [0.2, 0.25) is 0 Å². The summed E-state index contributed by atoms with van der Waals surface area (Å²) in [5.74, 6) is 4.31. The van der Waals surface area contributed by atoms with Crippen molar-refractivity contribution >= 4 is 0 Å². The molecule has 0 aromatic heterocycles. The molecular formula is C27H46O. The Morgan fingerprint density at radius 3 is 2.50 bits per heavy atom. The molecule has 4 aliphatic carbocycles. The van der Waals surface area contributed by atoms with Gasteiger partial charge < -0.3 is 5.11 Å². The van der Waals surface area contributed by atoms with Crippen molar-refractivity contribution in [1.29, 1.82) is 0 Å². The van der Waals surface area contributed by atoms with Crippen LogP contribution in [0.15, 0.2) is 11.1 Å². The van der Waals surface area contributed by atoms with Gasteiger partial charge in [-0.25, -0.2) is 0 Å². The summed E-state index contributed by atoms with van der Waals surface area (Å²) in [7, 11) is 0. The molecule has 0 saturated heterocycles. The minimum Gasteiger partial charge on any atom is -0.393 e. The number of fused-ring (bicyclic) bond motifs is 4. The lowest BCUT2D eigenvalue weighted by atomic mass is 9.50. The summed E-state index contributed by atoms with van der Waals surface area (Å²) in [6.45, 7) is 12.6. The highest BCUT2D eigenvalue weighted by molar-refractivity contribution is 5.34. The van der Waals surface area contributed by atoms with Gasteiger partial charge in [-0.3, -0.25) is 0 Å². The van der Waals surface area contributed by atoms with Gasteiger partial charge in [-0.15, -0.1) is 0 Å². The van der Waals surface area contributed by atoms with Gasteiger partial charge in [0.25, 0.3) is 0 Å². The van der Waals surface area contributed by atoms with Crippen molar-refractivity contribution in [2.24, 2.45) is 40.4 Å². The second-order valence-electron chi connectivity index (χ2n) is 12.1. The lowest BCUT2D eigenvalue weighted by Crippen LogP contribution is -2.45. The van der Waals surface area contributed by atoms with E-state index < -0.39 is 0 Å². The smallest absolute Gasteiger partial charge is 0.0543 e. The molecule has 0 heterocycles. The van der Waals surface area contributed by atoms with Gasteiger partial charge in [0.1, 0.15) is 0 Å². The molecule has 2 fully saturated rings. The maximum Gasteiger partial charge on any atom is 0.0543 e. The Balaban J connectivity index is 1.52. The molecular weight excluding hydrogens is 340 g/mol. The van der Waals surface area contributed by atoms with Crippen LogP contribution in [0.25, 0.3) is 0 Å². The van der Waals surface area contributed by atoms with Crippen LogP contribution < -0.4 is 0 Å². The molecule has 0 aliphatic heterocycles.